The molecule has 0 fully saturated rings. The van der Waals surface area contributed by atoms with Gasteiger partial charge < -0.3 is 20.9 Å². The third kappa shape index (κ3) is 4.28. The summed E-state index contributed by atoms with van der Waals surface area (Å²) in [6.45, 7) is 7.75. The fourth-order valence-corrected chi connectivity index (χ4v) is 2.99. The van der Waals surface area contributed by atoms with Crippen molar-refractivity contribution in [2.45, 2.75) is 33.3 Å². The fourth-order valence-electron chi connectivity index (χ4n) is 2.99. The normalized spacial score (nSPS) is 12.3. The minimum atomic E-state index is -0.890. The molecule has 0 saturated carbocycles. The Morgan fingerprint density at radius 3 is 2.70 bits per heavy atom. The topological polar surface area (TPSA) is 115 Å². The van der Waals surface area contributed by atoms with Gasteiger partial charge in [0.05, 0.1) is 36.0 Å². The molecule has 0 aliphatic rings. The average molecular weight is 409 g/mol. The second-order valence-electron chi connectivity index (χ2n) is 7.74. The molecule has 0 atom stereocenters. The zero-order chi connectivity index (χ0) is 22.1. The molecule has 8 heteroatoms. The van der Waals surface area contributed by atoms with Crippen LogP contribution in [0.1, 0.15) is 43.7 Å². The first-order chi connectivity index (χ1) is 14.1. The number of hydrogen-bond donors (Lipinski definition) is 3. The Hall–Kier alpha value is -3.39. The summed E-state index contributed by atoms with van der Waals surface area (Å²) in [5.41, 5.74) is 9.43. The molecule has 3 rings (SSSR count). The number of ether oxygens (including phenoxy) is 1. The van der Waals surface area contributed by atoms with Gasteiger partial charge in [0.2, 0.25) is 5.91 Å². The number of carbonyl (C=O) groups is 1. The molecule has 0 saturated heterocycles. The minimum absolute atomic E-state index is 0.347. The average Bonchev–Trinajstić information content (AvgIpc) is 3.14. The molecule has 2 heterocycles. The number of hydrogen-bond acceptors (Lipinski definition) is 6. The fraction of sp³-hybridized carbons (Fsp3) is 0.318. The second-order valence-corrected chi connectivity index (χ2v) is 7.74. The number of primary amides is 1. The highest BCUT2D eigenvalue weighted by Gasteiger charge is 2.19. The second kappa shape index (κ2) is 8.16. The molecule has 1 amide bonds. The van der Waals surface area contributed by atoms with E-state index >= 15 is 0 Å². The summed E-state index contributed by atoms with van der Waals surface area (Å²) >= 11 is 0. The van der Waals surface area contributed by atoms with Gasteiger partial charge in [0.25, 0.3) is 0 Å². The lowest BCUT2D eigenvalue weighted by Crippen LogP contribution is -2.29. The van der Waals surface area contributed by atoms with Crippen molar-refractivity contribution in [2.75, 3.05) is 19.0 Å². The molecule has 0 unspecified atom stereocenters. The lowest BCUT2D eigenvalue weighted by molar-refractivity contribution is 0.0944. The molecule has 2 aromatic heterocycles. The smallest absolute Gasteiger partial charge is 0.248 e. The molecular formula is C22H27N5O3. The third-order valence-corrected chi connectivity index (χ3v) is 4.78. The van der Waals surface area contributed by atoms with Crippen LogP contribution in [-0.2, 0) is 0 Å². The number of allylic oxidation sites excluding steroid dienone is 2. The summed E-state index contributed by atoms with van der Waals surface area (Å²) in [7, 11) is 1.53. The van der Waals surface area contributed by atoms with Crippen molar-refractivity contribution in [1.82, 2.24) is 14.6 Å². The Morgan fingerprint density at radius 1 is 1.37 bits per heavy atom. The molecule has 1 aromatic carbocycles. The van der Waals surface area contributed by atoms with Crippen LogP contribution in [0, 0.1) is 0 Å². The maximum absolute atomic E-state index is 11.5. The number of aliphatic hydroxyl groups is 1. The minimum Gasteiger partial charge on any atom is -0.496 e. The highest BCUT2D eigenvalue weighted by Crippen LogP contribution is 2.33. The van der Waals surface area contributed by atoms with Crippen molar-refractivity contribution in [2.24, 2.45) is 5.73 Å². The van der Waals surface area contributed by atoms with Gasteiger partial charge in [-0.25, -0.2) is 9.50 Å². The van der Waals surface area contributed by atoms with Gasteiger partial charge in [0.15, 0.2) is 5.65 Å². The van der Waals surface area contributed by atoms with E-state index in [4.69, 9.17) is 15.6 Å². The van der Waals surface area contributed by atoms with Crippen LogP contribution >= 0.6 is 0 Å². The Morgan fingerprint density at radius 2 is 2.10 bits per heavy atom. The first kappa shape index (κ1) is 21.3. The molecule has 158 valence electrons. The van der Waals surface area contributed by atoms with Crippen molar-refractivity contribution in [1.29, 1.82) is 0 Å². The van der Waals surface area contributed by atoms with E-state index in [9.17, 15) is 9.90 Å². The molecule has 4 N–H and O–H groups in total. The molecule has 0 spiro atoms. The number of nitrogens with zero attached hydrogens (tertiary/aromatic N) is 3. The third-order valence-electron chi connectivity index (χ3n) is 4.78. The van der Waals surface area contributed by atoms with Crippen LogP contribution < -0.4 is 15.8 Å². The Bertz CT molecular complexity index is 1130. The molecule has 0 aliphatic heterocycles. The van der Waals surface area contributed by atoms with E-state index in [1.165, 1.54) is 7.11 Å². The maximum Gasteiger partial charge on any atom is 0.248 e. The number of carbonyl (C=O) groups excluding carboxylic acids is 1. The van der Waals surface area contributed by atoms with Crippen molar-refractivity contribution in [3.05, 3.63) is 47.8 Å². The number of imidazole rings is 1. The number of anilines is 1. The quantitative estimate of drug-likeness (QED) is 0.552. The predicted octanol–water partition coefficient (Wildman–Crippen LogP) is 3.11. The van der Waals surface area contributed by atoms with Gasteiger partial charge in [-0.15, -0.1) is 0 Å². The van der Waals surface area contributed by atoms with E-state index in [-0.39, 0.29) is 0 Å². The van der Waals surface area contributed by atoms with Gasteiger partial charge in [0.1, 0.15) is 5.75 Å². The van der Waals surface area contributed by atoms with Crippen LogP contribution in [0.15, 0.2) is 36.5 Å². The summed E-state index contributed by atoms with van der Waals surface area (Å²) in [5.74, 6) is -0.0331. The molecule has 3 aromatic rings. The molecular weight excluding hydrogens is 382 g/mol. The number of rotatable bonds is 7. The highest BCUT2D eigenvalue weighted by atomic mass is 16.5. The highest BCUT2D eigenvalue weighted by molar-refractivity contribution is 5.94. The molecule has 30 heavy (non-hydrogen) atoms. The molecule has 0 aliphatic carbocycles. The van der Waals surface area contributed by atoms with Crippen molar-refractivity contribution in [3.63, 3.8) is 0 Å². The van der Waals surface area contributed by atoms with E-state index in [1.54, 1.807) is 42.8 Å². The van der Waals surface area contributed by atoms with Gasteiger partial charge in [-0.1, -0.05) is 6.08 Å². The van der Waals surface area contributed by atoms with E-state index < -0.39 is 11.5 Å². The Kier molecular flexibility index (Phi) is 5.80. The molecule has 8 nitrogen and oxygen atoms in total. The van der Waals surface area contributed by atoms with Gasteiger partial charge in [-0.3, -0.25) is 4.79 Å². The first-order valence-corrected chi connectivity index (χ1v) is 9.61. The van der Waals surface area contributed by atoms with Crippen molar-refractivity contribution >= 4 is 22.8 Å². The largest absolute Gasteiger partial charge is 0.496 e. The van der Waals surface area contributed by atoms with Gasteiger partial charge in [-0.2, -0.15) is 5.10 Å². The number of amides is 1. The summed E-state index contributed by atoms with van der Waals surface area (Å²) < 4.78 is 7.23. The zero-order valence-corrected chi connectivity index (χ0v) is 17.9. The summed E-state index contributed by atoms with van der Waals surface area (Å²) in [4.78, 5) is 16.1. The van der Waals surface area contributed by atoms with E-state index in [0.29, 0.717) is 29.2 Å². The standard InChI is InChI=1S/C22H27N5O3/c1-6-13(2)16-10-17(25-12-22(3,4)29)21-24-11-18(27(21)26-16)15-8-7-14(20(23)28)9-19(15)30-5/h6-11,25,29H,12H2,1-5H3,(H2,23,28)/b13-6+. The number of fused-ring (bicyclic) bond motifs is 1. The summed E-state index contributed by atoms with van der Waals surface area (Å²) in [5, 5.41) is 18.2. The number of nitrogens with two attached hydrogens (primary N) is 1. The predicted molar refractivity (Wildman–Crippen MR) is 118 cm³/mol. The number of aromatic nitrogens is 3. The maximum atomic E-state index is 11.5. The van der Waals surface area contributed by atoms with E-state index in [1.807, 2.05) is 26.0 Å². The van der Waals surface area contributed by atoms with Gasteiger partial charge >= 0.3 is 0 Å². The van der Waals surface area contributed by atoms with Crippen LogP contribution in [0.3, 0.4) is 0 Å². The summed E-state index contributed by atoms with van der Waals surface area (Å²) in [6, 6.07) is 6.93. The van der Waals surface area contributed by atoms with Crippen LogP contribution in [0.2, 0.25) is 0 Å². The van der Waals surface area contributed by atoms with E-state index in [0.717, 1.165) is 22.5 Å². The van der Waals surface area contributed by atoms with Gasteiger partial charge in [0, 0.05) is 17.7 Å². The van der Waals surface area contributed by atoms with Gasteiger partial charge in [-0.05, 0) is 57.5 Å². The van der Waals surface area contributed by atoms with Crippen molar-refractivity contribution in [3.8, 4) is 17.0 Å². The lowest BCUT2D eigenvalue weighted by atomic mass is 10.1. The monoisotopic (exact) mass is 409 g/mol. The Balaban J connectivity index is 2.21. The number of methoxy groups -OCH3 is 1. The van der Waals surface area contributed by atoms with Crippen LogP contribution in [0.4, 0.5) is 5.69 Å². The molecule has 0 bridgehead atoms. The lowest BCUT2D eigenvalue weighted by Gasteiger charge is -2.19. The number of benzene rings is 1. The SMILES string of the molecule is C/C=C(\C)c1cc(NCC(C)(C)O)c2ncc(-c3ccc(C(N)=O)cc3OC)n2n1. The van der Waals surface area contributed by atoms with Crippen molar-refractivity contribution < 1.29 is 14.6 Å². The van der Waals surface area contributed by atoms with Crippen LogP contribution in [-0.4, -0.2) is 44.9 Å². The van der Waals surface area contributed by atoms with Crippen LogP contribution in [0.25, 0.3) is 22.5 Å². The summed E-state index contributed by atoms with van der Waals surface area (Å²) in [6.07, 6.45) is 3.68. The number of nitrogens with one attached hydrogen (secondary N) is 1. The first-order valence-electron chi connectivity index (χ1n) is 9.61. The van der Waals surface area contributed by atoms with Crippen LogP contribution in [0.5, 0.6) is 5.75 Å². The Labute approximate surface area is 175 Å². The molecule has 0 radical (unpaired) electrons. The zero-order valence-electron chi connectivity index (χ0n) is 17.9. The van der Waals surface area contributed by atoms with E-state index in [2.05, 4.69) is 10.3 Å².